The first kappa shape index (κ1) is 20.1. The predicted molar refractivity (Wildman–Crippen MR) is 105 cm³/mol. The number of halogens is 1. The van der Waals surface area contributed by atoms with Crippen LogP contribution in [0.3, 0.4) is 0 Å². The van der Waals surface area contributed by atoms with E-state index in [0.717, 1.165) is 32.1 Å². The average Bonchev–Trinajstić information content (AvgIpc) is 3.17. The van der Waals surface area contributed by atoms with Crippen molar-refractivity contribution < 1.29 is 23.5 Å². The van der Waals surface area contributed by atoms with Gasteiger partial charge in [0, 0.05) is 5.70 Å². The van der Waals surface area contributed by atoms with E-state index < -0.39 is 23.8 Å². The Balaban J connectivity index is 1.74. The Morgan fingerprint density at radius 1 is 1.13 bits per heavy atom. The molecule has 4 rings (SSSR count). The van der Waals surface area contributed by atoms with Crippen molar-refractivity contribution in [2.24, 2.45) is 0 Å². The Bertz CT molecular complexity index is 993. The summed E-state index contributed by atoms with van der Waals surface area (Å²) in [6, 6.07) is 5.07. The van der Waals surface area contributed by atoms with Gasteiger partial charge in [0.1, 0.15) is 18.0 Å². The minimum Gasteiger partial charge on any atom is -0.463 e. The number of carbonyl (C=O) groups is 2. The van der Waals surface area contributed by atoms with E-state index >= 15 is 0 Å². The van der Waals surface area contributed by atoms with E-state index in [1.54, 1.807) is 19.1 Å². The molecule has 2 heterocycles. The van der Waals surface area contributed by atoms with Crippen molar-refractivity contribution >= 4 is 17.9 Å². The summed E-state index contributed by atoms with van der Waals surface area (Å²) in [5.41, 5.74) is 1.51. The molecule has 1 aromatic carbocycles. The number of methoxy groups -OCH3 is 1. The number of fused-ring (bicyclic) bond motifs is 1. The van der Waals surface area contributed by atoms with Gasteiger partial charge in [0.25, 0.3) is 5.82 Å². The van der Waals surface area contributed by atoms with Crippen LogP contribution < -0.4 is 5.32 Å². The van der Waals surface area contributed by atoms with Crippen molar-refractivity contribution in [2.75, 3.05) is 12.4 Å². The summed E-state index contributed by atoms with van der Waals surface area (Å²) in [4.78, 5) is 29.3. The highest BCUT2D eigenvalue weighted by Crippen LogP contribution is 2.36. The van der Waals surface area contributed by atoms with E-state index in [1.807, 2.05) is 0 Å². The van der Waals surface area contributed by atoms with Gasteiger partial charge < -0.3 is 14.8 Å². The topological polar surface area (TPSA) is 95.3 Å². The molecule has 1 aromatic heterocycles. The number of nitrogens with one attached hydrogen (secondary N) is 1. The van der Waals surface area contributed by atoms with Crippen molar-refractivity contribution in [3.63, 3.8) is 0 Å². The van der Waals surface area contributed by atoms with Crippen molar-refractivity contribution in [3.05, 3.63) is 52.7 Å². The molecule has 9 heteroatoms. The fraction of sp³-hybridized carbons (Fsp3) is 0.429. The Kier molecular flexibility index (Phi) is 5.52. The summed E-state index contributed by atoms with van der Waals surface area (Å²) in [5.74, 6) is -1.39. The van der Waals surface area contributed by atoms with Gasteiger partial charge in [0.05, 0.1) is 12.7 Å². The molecule has 1 atom stereocenters. The highest BCUT2D eigenvalue weighted by Gasteiger charge is 2.37. The van der Waals surface area contributed by atoms with Gasteiger partial charge in [-0.25, -0.2) is 18.7 Å². The first-order chi connectivity index (χ1) is 14.5. The molecule has 1 N–H and O–H groups in total. The number of carbonyl (C=O) groups excluding carboxylic acids is 2. The van der Waals surface area contributed by atoms with Crippen LogP contribution in [0.1, 0.15) is 61.3 Å². The van der Waals surface area contributed by atoms with Gasteiger partial charge in [0.15, 0.2) is 0 Å². The normalized spacial score (nSPS) is 19.1. The van der Waals surface area contributed by atoms with Gasteiger partial charge in [-0.3, -0.25) is 0 Å². The standard InChI is InChI=1S/C21H23FN4O4/c1-12-16(19(27)30-15-6-4-3-5-7-15)17(13-8-10-14(22)11-9-13)26-21(23-12)24-18(25-26)20(28)29-2/h8-11,15,17H,3-7H2,1-2H3,(H,23,24,25)/t17-/m1/s1. The third kappa shape index (κ3) is 3.79. The van der Waals surface area contributed by atoms with Crippen LogP contribution in [0, 0.1) is 5.82 Å². The molecule has 2 aliphatic rings. The molecule has 1 fully saturated rings. The molecule has 0 radical (unpaired) electrons. The number of benzene rings is 1. The molecule has 0 bridgehead atoms. The van der Waals surface area contributed by atoms with Crippen LogP contribution in [0.4, 0.5) is 10.3 Å². The zero-order chi connectivity index (χ0) is 21.3. The molecule has 1 aliphatic carbocycles. The van der Waals surface area contributed by atoms with Crippen LogP contribution in [-0.2, 0) is 14.3 Å². The largest absolute Gasteiger partial charge is 0.463 e. The lowest BCUT2D eigenvalue weighted by Crippen LogP contribution is -2.32. The number of hydrogen-bond acceptors (Lipinski definition) is 7. The summed E-state index contributed by atoms with van der Waals surface area (Å²) in [6.07, 6.45) is 4.77. The van der Waals surface area contributed by atoms with Crippen molar-refractivity contribution in [3.8, 4) is 0 Å². The van der Waals surface area contributed by atoms with Crippen LogP contribution >= 0.6 is 0 Å². The second kappa shape index (κ2) is 8.25. The van der Waals surface area contributed by atoms with Gasteiger partial charge >= 0.3 is 11.9 Å². The first-order valence-electron chi connectivity index (χ1n) is 9.97. The zero-order valence-corrected chi connectivity index (χ0v) is 16.9. The van der Waals surface area contributed by atoms with E-state index in [-0.39, 0.29) is 17.9 Å². The number of anilines is 1. The molecular weight excluding hydrogens is 391 g/mol. The SMILES string of the molecule is COC(=O)c1nc2n(n1)[C@H](c1ccc(F)cc1)C(C(=O)OC1CCCCC1)=C(C)N2. The second-order valence-electron chi connectivity index (χ2n) is 7.48. The van der Waals surface area contributed by atoms with Crippen LogP contribution in [0.25, 0.3) is 0 Å². The lowest BCUT2D eigenvalue weighted by atomic mass is 9.95. The molecule has 0 spiro atoms. The Morgan fingerprint density at radius 2 is 1.83 bits per heavy atom. The average molecular weight is 414 g/mol. The number of rotatable bonds is 4. The van der Waals surface area contributed by atoms with E-state index in [1.165, 1.54) is 23.9 Å². The predicted octanol–water partition coefficient (Wildman–Crippen LogP) is 3.37. The smallest absolute Gasteiger partial charge is 0.378 e. The minimum atomic E-state index is -0.719. The van der Waals surface area contributed by atoms with E-state index in [4.69, 9.17) is 9.47 Å². The van der Waals surface area contributed by atoms with Gasteiger partial charge in [-0.1, -0.05) is 18.6 Å². The fourth-order valence-electron chi connectivity index (χ4n) is 3.94. The van der Waals surface area contributed by atoms with E-state index in [9.17, 15) is 14.0 Å². The second-order valence-corrected chi connectivity index (χ2v) is 7.48. The Hall–Kier alpha value is -3.23. The summed E-state index contributed by atoms with van der Waals surface area (Å²) < 4.78 is 25.5. The molecular formula is C21H23FN4O4. The maximum absolute atomic E-state index is 13.5. The van der Waals surface area contributed by atoms with Gasteiger partial charge in [-0.2, -0.15) is 4.98 Å². The monoisotopic (exact) mass is 414 g/mol. The van der Waals surface area contributed by atoms with Gasteiger partial charge in [-0.05, 0) is 50.3 Å². The Labute approximate surface area is 173 Å². The number of aromatic nitrogens is 3. The molecule has 0 saturated heterocycles. The van der Waals surface area contributed by atoms with E-state index in [2.05, 4.69) is 15.4 Å². The lowest BCUT2D eigenvalue weighted by Gasteiger charge is -2.30. The third-order valence-corrected chi connectivity index (χ3v) is 5.45. The summed E-state index contributed by atoms with van der Waals surface area (Å²) in [5, 5.41) is 7.27. The van der Waals surface area contributed by atoms with Crippen LogP contribution in [0.5, 0.6) is 0 Å². The first-order valence-corrected chi connectivity index (χ1v) is 9.97. The quantitative estimate of drug-likeness (QED) is 0.767. The Morgan fingerprint density at radius 3 is 2.50 bits per heavy atom. The van der Waals surface area contributed by atoms with Gasteiger partial charge in [-0.15, -0.1) is 5.10 Å². The maximum Gasteiger partial charge on any atom is 0.378 e. The molecule has 8 nitrogen and oxygen atoms in total. The van der Waals surface area contributed by atoms with Crippen molar-refractivity contribution in [2.45, 2.75) is 51.2 Å². The van der Waals surface area contributed by atoms with E-state index in [0.29, 0.717) is 16.8 Å². The lowest BCUT2D eigenvalue weighted by molar-refractivity contribution is -0.146. The van der Waals surface area contributed by atoms with Crippen LogP contribution in [0.2, 0.25) is 0 Å². The molecule has 158 valence electrons. The molecule has 1 aliphatic heterocycles. The van der Waals surface area contributed by atoms with Gasteiger partial charge in [0.2, 0.25) is 5.95 Å². The highest BCUT2D eigenvalue weighted by molar-refractivity contribution is 5.93. The number of allylic oxidation sites excluding steroid dienone is 1. The summed E-state index contributed by atoms with van der Waals surface area (Å²) in [6.45, 7) is 1.74. The zero-order valence-electron chi connectivity index (χ0n) is 16.9. The van der Waals surface area contributed by atoms with Crippen LogP contribution in [0.15, 0.2) is 35.5 Å². The molecule has 0 amide bonds. The number of ether oxygens (including phenoxy) is 2. The summed E-state index contributed by atoms with van der Waals surface area (Å²) in [7, 11) is 1.24. The molecule has 1 saturated carbocycles. The number of nitrogens with zero attached hydrogens (tertiary/aromatic N) is 3. The highest BCUT2D eigenvalue weighted by atomic mass is 19.1. The molecule has 0 unspecified atom stereocenters. The maximum atomic E-state index is 13.5. The molecule has 30 heavy (non-hydrogen) atoms. The fourth-order valence-corrected chi connectivity index (χ4v) is 3.94. The number of esters is 2. The molecule has 2 aromatic rings. The van der Waals surface area contributed by atoms with Crippen LogP contribution in [-0.4, -0.2) is 39.9 Å². The summed E-state index contributed by atoms with van der Waals surface area (Å²) >= 11 is 0. The minimum absolute atomic E-state index is 0.122. The van der Waals surface area contributed by atoms with Crippen molar-refractivity contribution in [1.29, 1.82) is 0 Å². The number of hydrogen-bond donors (Lipinski definition) is 1. The third-order valence-electron chi connectivity index (χ3n) is 5.45. The van der Waals surface area contributed by atoms with Crippen molar-refractivity contribution in [1.82, 2.24) is 14.8 Å².